The summed E-state index contributed by atoms with van der Waals surface area (Å²) >= 11 is 0. The van der Waals surface area contributed by atoms with E-state index >= 15 is 0 Å². The van der Waals surface area contributed by atoms with E-state index < -0.39 is 16.1 Å². The molecule has 2 heterocycles. The van der Waals surface area contributed by atoms with E-state index in [0.29, 0.717) is 40.4 Å². The number of nitrogens with one attached hydrogen (secondary N) is 3. The van der Waals surface area contributed by atoms with Crippen LogP contribution in [-0.2, 0) is 16.6 Å². The fourth-order valence-electron chi connectivity index (χ4n) is 3.13. The Bertz CT molecular complexity index is 1380. The number of nitrogens with zero attached hydrogens (tertiary/aromatic N) is 5. The number of sulfonamides is 1. The molecular formula is C22H23N9O2S. The molecule has 3 rings (SSSR count). The second-order valence-electron chi connectivity index (χ2n) is 7.38. The molecule has 0 radical (unpaired) electrons. The molecule has 1 unspecified atom stereocenters. The van der Waals surface area contributed by atoms with Gasteiger partial charge < -0.3 is 11.1 Å². The summed E-state index contributed by atoms with van der Waals surface area (Å²) in [5, 5.41) is 15.7. The summed E-state index contributed by atoms with van der Waals surface area (Å²) in [5.74, 6) is 0.00569. The Morgan fingerprint density at radius 3 is 2.71 bits per heavy atom. The first kappa shape index (κ1) is 24.4. The van der Waals surface area contributed by atoms with Crippen LogP contribution in [0.2, 0.25) is 0 Å². The molecule has 0 fully saturated rings. The number of benzene rings is 1. The SMILES string of the molecule is CC(NS(C)(=O)=O)c1cccc(CN/C=C(\N=N)c2cc(-c3cccc(C#N)c3)nc(N)n2)n1. The predicted molar refractivity (Wildman–Crippen MR) is 127 cm³/mol. The van der Waals surface area contributed by atoms with Crippen molar-refractivity contribution in [3.05, 3.63) is 77.4 Å². The van der Waals surface area contributed by atoms with Crippen molar-refractivity contribution in [1.82, 2.24) is 25.0 Å². The van der Waals surface area contributed by atoms with Crippen LogP contribution >= 0.6 is 0 Å². The van der Waals surface area contributed by atoms with Gasteiger partial charge in [0, 0.05) is 11.8 Å². The zero-order valence-electron chi connectivity index (χ0n) is 18.5. The lowest BCUT2D eigenvalue weighted by atomic mass is 10.1. The highest BCUT2D eigenvalue weighted by molar-refractivity contribution is 7.88. The van der Waals surface area contributed by atoms with Crippen molar-refractivity contribution >= 4 is 21.7 Å². The molecule has 0 saturated heterocycles. The Hall–Kier alpha value is -4.21. The first-order chi connectivity index (χ1) is 16.2. The Morgan fingerprint density at radius 2 is 2.00 bits per heavy atom. The Morgan fingerprint density at radius 1 is 1.24 bits per heavy atom. The van der Waals surface area contributed by atoms with Crippen molar-refractivity contribution in [2.45, 2.75) is 19.5 Å². The van der Waals surface area contributed by atoms with Crippen molar-refractivity contribution < 1.29 is 8.42 Å². The van der Waals surface area contributed by atoms with Gasteiger partial charge in [-0.15, -0.1) is 0 Å². The number of rotatable bonds is 9. The number of aromatic nitrogens is 3. The Labute approximate surface area is 197 Å². The summed E-state index contributed by atoms with van der Waals surface area (Å²) in [4.78, 5) is 12.9. The van der Waals surface area contributed by atoms with Gasteiger partial charge in [0.1, 0.15) is 5.70 Å². The Kier molecular flexibility index (Phi) is 7.62. The molecule has 11 nitrogen and oxygen atoms in total. The number of anilines is 1. The van der Waals surface area contributed by atoms with Gasteiger partial charge in [-0.2, -0.15) is 10.4 Å². The highest BCUT2D eigenvalue weighted by Gasteiger charge is 2.13. The molecule has 0 aliphatic rings. The molecular weight excluding hydrogens is 454 g/mol. The quantitative estimate of drug-likeness (QED) is 0.339. The summed E-state index contributed by atoms with van der Waals surface area (Å²) < 4.78 is 25.4. The van der Waals surface area contributed by atoms with Gasteiger partial charge in [0.2, 0.25) is 16.0 Å². The predicted octanol–water partition coefficient (Wildman–Crippen LogP) is 2.72. The first-order valence-electron chi connectivity index (χ1n) is 10.1. The van der Waals surface area contributed by atoms with Gasteiger partial charge in [0.05, 0.1) is 53.3 Å². The highest BCUT2D eigenvalue weighted by Crippen LogP contribution is 2.23. The maximum Gasteiger partial charge on any atom is 0.221 e. The topological polar surface area (TPSA) is 183 Å². The fraction of sp³-hybridized carbons (Fsp3) is 0.182. The number of nitrogens with two attached hydrogens (primary N) is 1. The summed E-state index contributed by atoms with van der Waals surface area (Å²) in [7, 11) is -3.36. The van der Waals surface area contributed by atoms with Crippen LogP contribution in [0.1, 0.15) is 35.6 Å². The van der Waals surface area contributed by atoms with Gasteiger partial charge in [-0.1, -0.05) is 18.2 Å². The number of hydrogen-bond acceptors (Lipinski definition) is 10. The van der Waals surface area contributed by atoms with E-state index in [1.165, 1.54) is 6.20 Å². The largest absolute Gasteiger partial charge is 0.383 e. The lowest BCUT2D eigenvalue weighted by Gasteiger charge is -2.13. The highest BCUT2D eigenvalue weighted by atomic mass is 32.2. The van der Waals surface area contributed by atoms with Gasteiger partial charge in [-0.25, -0.2) is 28.6 Å². The van der Waals surface area contributed by atoms with Crippen molar-refractivity contribution in [2.24, 2.45) is 5.11 Å². The monoisotopic (exact) mass is 477 g/mol. The molecule has 1 aromatic carbocycles. The summed E-state index contributed by atoms with van der Waals surface area (Å²) in [5.41, 5.74) is 16.9. The van der Waals surface area contributed by atoms with Gasteiger partial charge in [-0.05, 0) is 37.3 Å². The molecule has 0 amide bonds. The maximum absolute atomic E-state index is 11.5. The molecule has 0 bridgehead atoms. The van der Waals surface area contributed by atoms with Crippen molar-refractivity contribution in [3.63, 3.8) is 0 Å². The third-order valence-electron chi connectivity index (χ3n) is 4.60. The number of nitriles is 1. The minimum absolute atomic E-state index is 0.00569. The minimum Gasteiger partial charge on any atom is -0.383 e. The van der Waals surface area contributed by atoms with E-state index in [1.54, 1.807) is 55.5 Å². The van der Waals surface area contributed by atoms with E-state index in [9.17, 15) is 8.42 Å². The smallest absolute Gasteiger partial charge is 0.221 e. The molecule has 2 aromatic heterocycles. The van der Waals surface area contributed by atoms with Crippen molar-refractivity contribution in [3.8, 4) is 17.3 Å². The van der Waals surface area contributed by atoms with Crippen LogP contribution in [0.3, 0.4) is 0 Å². The third kappa shape index (κ3) is 6.64. The second kappa shape index (κ2) is 10.6. The molecule has 5 N–H and O–H groups in total. The van der Waals surface area contributed by atoms with Gasteiger partial charge in [-0.3, -0.25) is 4.98 Å². The molecule has 34 heavy (non-hydrogen) atoms. The fourth-order valence-corrected chi connectivity index (χ4v) is 3.89. The van der Waals surface area contributed by atoms with E-state index in [1.807, 2.05) is 0 Å². The summed E-state index contributed by atoms with van der Waals surface area (Å²) in [6.45, 7) is 2.01. The molecule has 1 atom stereocenters. The lowest BCUT2D eigenvalue weighted by Crippen LogP contribution is -2.26. The average molecular weight is 478 g/mol. The van der Waals surface area contributed by atoms with Crippen LogP contribution in [0.25, 0.3) is 17.0 Å². The maximum atomic E-state index is 11.5. The Balaban J connectivity index is 1.79. The minimum atomic E-state index is -3.36. The van der Waals surface area contributed by atoms with Gasteiger partial charge in [0.25, 0.3) is 0 Å². The molecule has 0 saturated carbocycles. The first-order valence-corrected chi connectivity index (χ1v) is 12.0. The molecule has 12 heteroatoms. The number of nitrogen functional groups attached to an aromatic ring is 1. The molecule has 0 aliphatic heterocycles. The summed E-state index contributed by atoms with van der Waals surface area (Å²) in [6.07, 6.45) is 2.61. The van der Waals surface area contributed by atoms with E-state index in [0.717, 1.165) is 6.26 Å². The number of hydrogen-bond donors (Lipinski definition) is 4. The van der Waals surface area contributed by atoms with Crippen LogP contribution in [0.4, 0.5) is 5.95 Å². The average Bonchev–Trinajstić information content (AvgIpc) is 2.80. The third-order valence-corrected chi connectivity index (χ3v) is 5.38. The van der Waals surface area contributed by atoms with Crippen LogP contribution in [0.15, 0.2) is 59.8 Å². The zero-order valence-corrected chi connectivity index (χ0v) is 19.3. The molecule has 3 aromatic rings. The van der Waals surface area contributed by atoms with Gasteiger partial charge >= 0.3 is 0 Å². The second-order valence-corrected chi connectivity index (χ2v) is 9.16. The van der Waals surface area contributed by atoms with Crippen molar-refractivity contribution in [1.29, 1.82) is 10.8 Å². The lowest BCUT2D eigenvalue weighted by molar-refractivity contribution is 0.569. The van der Waals surface area contributed by atoms with Crippen LogP contribution in [0, 0.1) is 16.9 Å². The van der Waals surface area contributed by atoms with Crippen molar-refractivity contribution in [2.75, 3.05) is 12.0 Å². The van der Waals surface area contributed by atoms with Gasteiger partial charge in [0.15, 0.2) is 0 Å². The summed E-state index contributed by atoms with van der Waals surface area (Å²) in [6, 6.07) is 15.5. The number of pyridine rings is 1. The molecule has 0 aliphatic carbocycles. The van der Waals surface area contributed by atoms with E-state index in [-0.39, 0.29) is 11.6 Å². The standard InChI is InChI=1S/C22H23N9O2S/c1-14(31-34(2,32)33)18-8-4-7-17(27-18)12-26-13-21(30-25)20-10-19(28-22(24)29-20)16-6-3-5-15(9-16)11-23/h3-10,13-14,25-26,31H,12H2,1-2H3,(H2,24,28,29)/b21-13-,30-25?. The van der Waals surface area contributed by atoms with E-state index in [4.69, 9.17) is 16.5 Å². The molecule has 174 valence electrons. The van der Waals surface area contributed by atoms with E-state index in [2.05, 4.69) is 36.2 Å². The zero-order chi connectivity index (χ0) is 24.7. The van der Waals surface area contributed by atoms with Crippen LogP contribution in [-0.4, -0.2) is 29.6 Å². The van der Waals surface area contributed by atoms with Crippen LogP contribution in [0.5, 0.6) is 0 Å². The molecule has 0 spiro atoms. The van der Waals surface area contributed by atoms with Crippen LogP contribution < -0.4 is 15.8 Å². The normalized spacial score (nSPS) is 12.6.